The first kappa shape index (κ1) is 23.0. The van der Waals surface area contributed by atoms with Crippen LogP contribution in [-0.4, -0.2) is 44.9 Å². The molecule has 0 bridgehead atoms. The standard InChI is InChI=1S/C22H28N2O6S/c1-3-29-22(26)17-10-12-24(13-11-17)21(25)15-19(20-5-4-14-30-20)23-31(27,28)18-8-6-16(2)7-9-18/h4-9,14,17,19,23H,3,10-13,15H2,1-2H3. The summed E-state index contributed by atoms with van der Waals surface area (Å²) in [6, 6.07) is 8.94. The Balaban J connectivity index is 1.67. The SMILES string of the molecule is CCOC(=O)C1CCN(C(=O)CC(NS(=O)(=O)c2ccc(C)cc2)c2ccco2)CC1. The van der Waals surface area contributed by atoms with Crippen LogP contribution in [0.3, 0.4) is 0 Å². The van der Waals surface area contributed by atoms with Crippen LogP contribution in [0.1, 0.15) is 43.6 Å². The second-order valence-electron chi connectivity index (χ2n) is 7.61. The van der Waals surface area contributed by atoms with Crippen molar-refractivity contribution < 1.29 is 27.2 Å². The number of carbonyl (C=O) groups is 2. The second-order valence-corrected chi connectivity index (χ2v) is 9.33. The Morgan fingerprint density at radius 2 is 1.87 bits per heavy atom. The predicted octanol–water partition coefficient (Wildman–Crippen LogP) is 2.80. The third-order valence-corrected chi connectivity index (χ3v) is 6.85. The highest BCUT2D eigenvalue weighted by atomic mass is 32.2. The Labute approximate surface area is 182 Å². The highest BCUT2D eigenvalue weighted by Crippen LogP contribution is 2.25. The zero-order chi connectivity index (χ0) is 22.4. The molecule has 1 aromatic carbocycles. The lowest BCUT2D eigenvalue weighted by molar-refractivity contribution is -0.151. The van der Waals surface area contributed by atoms with Crippen molar-refractivity contribution in [2.24, 2.45) is 5.92 Å². The summed E-state index contributed by atoms with van der Waals surface area (Å²) in [5.41, 5.74) is 0.947. The minimum absolute atomic E-state index is 0.0807. The van der Waals surface area contributed by atoms with E-state index in [0.717, 1.165) is 5.56 Å². The maximum Gasteiger partial charge on any atom is 0.309 e. The normalized spacial score (nSPS) is 16.1. The molecule has 0 radical (unpaired) electrons. The number of carbonyl (C=O) groups excluding carboxylic acids is 2. The van der Waals surface area contributed by atoms with Gasteiger partial charge in [0.25, 0.3) is 0 Å². The molecule has 1 unspecified atom stereocenters. The fourth-order valence-corrected chi connectivity index (χ4v) is 4.80. The van der Waals surface area contributed by atoms with E-state index in [9.17, 15) is 18.0 Å². The topological polar surface area (TPSA) is 106 Å². The molecule has 1 aliphatic rings. The average molecular weight is 449 g/mol. The van der Waals surface area contributed by atoms with Gasteiger partial charge in [-0.15, -0.1) is 0 Å². The van der Waals surface area contributed by atoms with Gasteiger partial charge in [0.15, 0.2) is 0 Å². The van der Waals surface area contributed by atoms with Gasteiger partial charge < -0.3 is 14.1 Å². The number of furan rings is 1. The number of rotatable bonds is 8. The maximum absolute atomic E-state index is 12.9. The fraction of sp³-hybridized carbons (Fsp3) is 0.455. The Morgan fingerprint density at radius 3 is 2.45 bits per heavy atom. The van der Waals surface area contributed by atoms with E-state index < -0.39 is 16.1 Å². The van der Waals surface area contributed by atoms with Gasteiger partial charge in [0, 0.05) is 13.1 Å². The summed E-state index contributed by atoms with van der Waals surface area (Å²) in [6.07, 6.45) is 2.43. The number of nitrogens with one attached hydrogen (secondary N) is 1. The van der Waals surface area contributed by atoms with Crippen molar-refractivity contribution in [2.75, 3.05) is 19.7 Å². The molecular formula is C22H28N2O6S. The molecule has 1 N–H and O–H groups in total. The molecule has 8 nitrogen and oxygen atoms in total. The van der Waals surface area contributed by atoms with E-state index in [0.29, 0.717) is 38.3 Å². The Kier molecular flexibility index (Phi) is 7.50. The Bertz CT molecular complexity index is 978. The molecule has 2 aromatic rings. The summed E-state index contributed by atoms with van der Waals surface area (Å²) >= 11 is 0. The van der Waals surface area contributed by atoms with E-state index in [2.05, 4.69) is 4.72 Å². The van der Waals surface area contributed by atoms with Gasteiger partial charge in [-0.1, -0.05) is 17.7 Å². The first-order chi connectivity index (χ1) is 14.8. The number of hydrogen-bond donors (Lipinski definition) is 1. The van der Waals surface area contributed by atoms with Gasteiger partial charge in [0.05, 0.1) is 36.1 Å². The second kappa shape index (κ2) is 10.1. The van der Waals surface area contributed by atoms with Crippen LogP contribution >= 0.6 is 0 Å². The highest BCUT2D eigenvalue weighted by molar-refractivity contribution is 7.89. The van der Waals surface area contributed by atoms with Crippen LogP contribution in [0, 0.1) is 12.8 Å². The van der Waals surface area contributed by atoms with E-state index in [1.807, 2.05) is 6.92 Å². The summed E-state index contributed by atoms with van der Waals surface area (Å²) in [5, 5.41) is 0. The number of hydrogen-bond acceptors (Lipinski definition) is 6. The van der Waals surface area contributed by atoms with Crippen LogP contribution in [0.4, 0.5) is 0 Å². The van der Waals surface area contributed by atoms with Crippen molar-refractivity contribution in [3.8, 4) is 0 Å². The molecule has 1 amide bonds. The molecule has 0 aliphatic carbocycles. The number of esters is 1. The van der Waals surface area contributed by atoms with E-state index in [-0.39, 0.29) is 29.1 Å². The molecule has 1 atom stereocenters. The molecule has 1 fully saturated rings. The Morgan fingerprint density at radius 1 is 1.19 bits per heavy atom. The summed E-state index contributed by atoms with van der Waals surface area (Å²) in [4.78, 5) is 26.6. The van der Waals surface area contributed by atoms with Crippen molar-refractivity contribution >= 4 is 21.9 Å². The van der Waals surface area contributed by atoms with E-state index in [1.165, 1.54) is 18.4 Å². The van der Waals surface area contributed by atoms with Crippen molar-refractivity contribution in [2.45, 2.75) is 44.0 Å². The number of aryl methyl sites for hydroxylation is 1. The molecule has 0 saturated carbocycles. The van der Waals surface area contributed by atoms with E-state index >= 15 is 0 Å². The average Bonchev–Trinajstić information content (AvgIpc) is 3.28. The zero-order valence-electron chi connectivity index (χ0n) is 17.7. The monoisotopic (exact) mass is 448 g/mol. The first-order valence-corrected chi connectivity index (χ1v) is 11.8. The third-order valence-electron chi connectivity index (χ3n) is 5.36. The molecule has 31 heavy (non-hydrogen) atoms. The van der Waals surface area contributed by atoms with Gasteiger partial charge in [-0.05, 0) is 51.0 Å². The van der Waals surface area contributed by atoms with Gasteiger partial charge >= 0.3 is 5.97 Å². The number of benzene rings is 1. The van der Waals surface area contributed by atoms with Crippen LogP contribution in [0.15, 0.2) is 52.0 Å². The van der Waals surface area contributed by atoms with Gasteiger partial charge in [-0.2, -0.15) is 4.72 Å². The lowest BCUT2D eigenvalue weighted by atomic mass is 9.96. The van der Waals surface area contributed by atoms with E-state index in [4.69, 9.17) is 9.15 Å². The Hall–Kier alpha value is -2.65. The number of amides is 1. The largest absolute Gasteiger partial charge is 0.468 e. The summed E-state index contributed by atoms with van der Waals surface area (Å²) in [7, 11) is -3.85. The van der Waals surface area contributed by atoms with Crippen LogP contribution in [0.5, 0.6) is 0 Å². The van der Waals surface area contributed by atoms with Crippen molar-refractivity contribution in [1.29, 1.82) is 0 Å². The van der Waals surface area contributed by atoms with Crippen molar-refractivity contribution in [3.63, 3.8) is 0 Å². The van der Waals surface area contributed by atoms with Gasteiger partial charge in [-0.25, -0.2) is 8.42 Å². The minimum atomic E-state index is -3.85. The molecule has 168 valence electrons. The lowest BCUT2D eigenvalue weighted by Crippen LogP contribution is -2.42. The number of likely N-dealkylation sites (tertiary alicyclic amines) is 1. The van der Waals surface area contributed by atoms with Crippen LogP contribution in [0.25, 0.3) is 0 Å². The smallest absolute Gasteiger partial charge is 0.309 e. The minimum Gasteiger partial charge on any atom is -0.468 e. The predicted molar refractivity (Wildman–Crippen MR) is 114 cm³/mol. The van der Waals surface area contributed by atoms with Gasteiger partial charge in [-0.3, -0.25) is 9.59 Å². The lowest BCUT2D eigenvalue weighted by Gasteiger charge is -2.31. The molecule has 9 heteroatoms. The maximum atomic E-state index is 12.9. The van der Waals surface area contributed by atoms with Crippen molar-refractivity contribution in [3.05, 3.63) is 54.0 Å². The zero-order valence-corrected chi connectivity index (χ0v) is 18.6. The molecule has 3 rings (SSSR count). The first-order valence-electron chi connectivity index (χ1n) is 10.4. The molecule has 0 spiro atoms. The van der Waals surface area contributed by atoms with Crippen molar-refractivity contribution in [1.82, 2.24) is 9.62 Å². The fourth-order valence-electron chi connectivity index (χ4n) is 3.59. The number of ether oxygens (including phenoxy) is 1. The number of nitrogens with zero attached hydrogens (tertiary/aromatic N) is 1. The highest BCUT2D eigenvalue weighted by Gasteiger charge is 2.31. The molecule has 1 aromatic heterocycles. The third kappa shape index (κ3) is 5.95. The van der Waals surface area contributed by atoms with Gasteiger partial charge in [0.1, 0.15) is 5.76 Å². The summed E-state index contributed by atoms with van der Waals surface area (Å²) in [6.45, 7) is 4.84. The molecule has 1 aliphatic heterocycles. The van der Waals surface area contributed by atoms with Crippen LogP contribution in [-0.2, 0) is 24.3 Å². The quantitative estimate of drug-likeness (QED) is 0.623. The molecule has 1 saturated heterocycles. The summed E-state index contributed by atoms with van der Waals surface area (Å²) < 4.78 is 38.8. The van der Waals surface area contributed by atoms with E-state index in [1.54, 1.807) is 36.1 Å². The van der Waals surface area contributed by atoms with Gasteiger partial charge in [0.2, 0.25) is 15.9 Å². The number of piperidine rings is 1. The number of sulfonamides is 1. The summed E-state index contributed by atoms with van der Waals surface area (Å²) in [5.74, 6) is -0.264. The van der Waals surface area contributed by atoms with Crippen LogP contribution < -0.4 is 4.72 Å². The molecular weight excluding hydrogens is 420 g/mol. The van der Waals surface area contributed by atoms with Crippen LogP contribution in [0.2, 0.25) is 0 Å². The molecule has 2 heterocycles.